The Morgan fingerprint density at radius 2 is 1.73 bits per heavy atom. The Labute approximate surface area is 183 Å². The number of ether oxygens (including phenoxy) is 1. The van der Waals surface area contributed by atoms with Gasteiger partial charge >= 0.3 is 5.97 Å². The fourth-order valence-corrected chi connectivity index (χ4v) is 3.70. The molecule has 1 amide bonds. The number of Topliss-reactive ketones (excluding diaryl/α,β-unsaturated/α-hetero) is 1. The second kappa shape index (κ2) is 9.26. The van der Waals surface area contributed by atoms with E-state index in [2.05, 4.69) is 15.9 Å². The van der Waals surface area contributed by atoms with Crippen molar-refractivity contribution in [3.63, 3.8) is 0 Å². The number of ketones is 1. The summed E-state index contributed by atoms with van der Waals surface area (Å²) in [5, 5.41) is 10.9. The summed E-state index contributed by atoms with van der Waals surface area (Å²) in [6, 6.07) is 12.8. The van der Waals surface area contributed by atoms with E-state index in [1.54, 1.807) is 48.5 Å². The smallest absolute Gasteiger partial charge is 0.308 e. The molecule has 2 aromatic carbocycles. The second-order valence-corrected chi connectivity index (χ2v) is 7.93. The van der Waals surface area contributed by atoms with Crippen LogP contribution in [0.25, 0.3) is 5.76 Å². The highest BCUT2D eigenvalue weighted by Gasteiger charge is 2.45. The molecule has 1 N–H and O–H groups in total. The second-order valence-electron chi connectivity index (χ2n) is 7.02. The first-order chi connectivity index (χ1) is 14.3. The molecular formula is C23H22BrNO5. The highest BCUT2D eigenvalue weighted by molar-refractivity contribution is 9.10. The molecule has 1 atom stereocenters. The number of amides is 1. The number of carbonyl (C=O) groups is 3. The van der Waals surface area contributed by atoms with Gasteiger partial charge in [0, 0.05) is 23.5 Å². The lowest BCUT2D eigenvalue weighted by Gasteiger charge is -2.25. The molecule has 3 rings (SSSR count). The summed E-state index contributed by atoms with van der Waals surface area (Å²) in [4.78, 5) is 38.3. The Kier molecular flexibility index (Phi) is 6.72. The lowest BCUT2D eigenvalue weighted by atomic mass is 9.95. The van der Waals surface area contributed by atoms with E-state index in [9.17, 15) is 19.5 Å². The molecule has 30 heavy (non-hydrogen) atoms. The van der Waals surface area contributed by atoms with E-state index in [1.165, 1.54) is 11.8 Å². The Hall–Kier alpha value is -2.93. The molecule has 1 unspecified atom stereocenters. The van der Waals surface area contributed by atoms with Crippen LogP contribution < -0.4 is 4.74 Å². The molecule has 6 nitrogen and oxygen atoms in total. The molecule has 0 bridgehead atoms. The molecule has 0 radical (unpaired) electrons. The van der Waals surface area contributed by atoms with E-state index in [-0.39, 0.29) is 11.3 Å². The average Bonchev–Trinajstić information content (AvgIpc) is 2.97. The average molecular weight is 472 g/mol. The normalized spacial score (nSPS) is 18.0. The lowest BCUT2D eigenvalue weighted by Crippen LogP contribution is -2.30. The van der Waals surface area contributed by atoms with Crippen LogP contribution in [0.1, 0.15) is 43.9 Å². The van der Waals surface area contributed by atoms with Crippen molar-refractivity contribution < 1.29 is 24.2 Å². The van der Waals surface area contributed by atoms with Gasteiger partial charge in [0.1, 0.15) is 11.5 Å². The SMILES string of the molecule is CCCCN1C(=O)C(=O)/C(=C(\O)c2ccc(Br)cc2)C1c1ccc(OC(C)=O)cc1. The minimum absolute atomic E-state index is 0.0543. The molecule has 1 saturated heterocycles. The first-order valence-electron chi connectivity index (χ1n) is 9.66. The Morgan fingerprint density at radius 1 is 1.10 bits per heavy atom. The van der Waals surface area contributed by atoms with Crippen LogP contribution in [0.2, 0.25) is 0 Å². The zero-order valence-electron chi connectivity index (χ0n) is 16.7. The molecule has 156 valence electrons. The van der Waals surface area contributed by atoms with Gasteiger partial charge in [-0.15, -0.1) is 0 Å². The standard InChI is InChI=1S/C23H22BrNO5/c1-3-4-13-25-20(15-7-11-18(12-8-15)30-14(2)26)19(22(28)23(25)29)21(27)16-5-9-17(24)10-6-16/h5-12,20,27H,3-4,13H2,1-2H3/b21-19-. The van der Waals surface area contributed by atoms with Gasteiger partial charge in [0.2, 0.25) is 0 Å². The van der Waals surface area contributed by atoms with Crippen LogP contribution in [0.3, 0.4) is 0 Å². The number of aliphatic hydroxyl groups excluding tert-OH is 1. The maximum absolute atomic E-state index is 12.9. The van der Waals surface area contributed by atoms with E-state index >= 15 is 0 Å². The zero-order valence-corrected chi connectivity index (χ0v) is 18.3. The maximum atomic E-state index is 12.9. The summed E-state index contributed by atoms with van der Waals surface area (Å²) in [6.07, 6.45) is 1.58. The number of unbranched alkanes of at least 4 members (excludes halogenated alkanes) is 1. The molecular weight excluding hydrogens is 450 g/mol. The number of rotatable bonds is 6. The number of aliphatic hydroxyl groups is 1. The maximum Gasteiger partial charge on any atom is 0.308 e. The summed E-state index contributed by atoms with van der Waals surface area (Å²) >= 11 is 3.35. The number of halogens is 1. The predicted octanol–water partition coefficient (Wildman–Crippen LogP) is 4.60. The quantitative estimate of drug-likeness (QED) is 0.219. The van der Waals surface area contributed by atoms with Crippen LogP contribution in [-0.2, 0) is 14.4 Å². The van der Waals surface area contributed by atoms with E-state index in [1.807, 2.05) is 6.92 Å². The first kappa shape index (κ1) is 21.8. The Balaban J connectivity index is 2.09. The minimum atomic E-state index is -0.716. The molecule has 0 aliphatic carbocycles. The topological polar surface area (TPSA) is 83.9 Å². The van der Waals surface area contributed by atoms with Crippen LogP contribution in [0, 0.1) is 0 Å². The van der Waals surface area contributed by atoms with Crippen molar-refractivity contribution in [2.75, 3.05) is 6.54 Å². The van der Waals surface area contributed by atoms with Crippen molar-refractivity contribution in [1.82, 2.24) is 4.90 Å². The molecule has 0 spiro atoms. The summed E-state index contributed by atoms with van der Waals surface area (Å²) in [5.41, 5.74) is 1.16. The molecule has 2 aromatic rings. The largest absolute Gasteiger partial charge is 0.507 e. The third-order valence-electron chi connectivity index (χ3n) is 4.87. The van der Waals surface area contributed by atoms with Crippen molar-refractivity contribution in [1.29, 1.82) is 0 Å². The number of carbonyl (C=O) groups excluding carboxylic acids is 3. The summed E-state index contributed by atoms with van der Waals surface area (Å²) in [6.45, 7) is 3.71. The van der Waals surface area contributed by atoms with Crippen LogP contribution in [0.15, 0.2) is 58.6 Å². The number of likely N-dealkylation sites (tertiary alicyclic amines) is 1. The third-order valence-corrected chi connectivity index (χ3v) is 5.40. The fourth-order valence-electron chi connectivity index (χ4n) is 3.43. The molecule has 1 fully saturated rings. The van der Waals surface area contributed by atoms with Crippen LogP contribution >= 0.6 is 15.9 Å². The number of hydrogen-bond donors (Lipinski definition) is 1. The van der Waals surface area contributed by atoms with Crippen molar-refractivity contribution in [3.8, 4) is 5.75 Å². The molecule has 0 aromatic heterocycles. The molecule has 1 heterocycles. The minimum Gasteiger partial charge on any atom is -0.507 e. The van der Waals surface area contributed by atoms with Crippen LogP contribution in [0.4, 0.5) is 0 Å². The highest BCUT2D eigenvalue weighted by Crippen LogP contribution is 2.40. The van der Waals surface area contributed by atoms with Gasteiger partial charge in [-0.05, 0) is 36.2 Å². The number of benzene rings is 2. The van der Waals surface area contributed by atoms with E-state index in [4.69, 9.17) is 4.74 Å². The van der Waals surface area contributed by atoms with E-state index in [0.29, 0.717) is 23.4 Å². The van der Waals surface area contributed by atoms with Gasteiger partial charge in [0.05, 0.1) is 11.6 Å². The third kappa shape index (κ3) is 4.46. The summed E-state index contributed by atoms with van der Waals surface area (Å²) < 4.78 is 5.90. The van der Waals surface area contributed by atoms with Crippen LogP contribution in [0.5, 0.6) is 5.75 Å². The van der Waals surface area contributed by atoms with Gasteiger partial charge in [-0.3, -0.25) is 14.4 Å². The van der Waals surface area contributed by atoms with Crippen molar-refractivity contribution in [3.05, 3.63) is 69.7 Å². The van der Waals surface area contributed by atoms with E-state index in [0.717, 1.165) is 17.3 Å². The predicted molar refractivity (Wildman–Crippen MR) is 116 cm³/mol. The van der Waals surface area contributed by atoms with Crippen molar-refractivity contribution in [2.24, 2.45) is 0 Å². The number of esters is 1. The monoisotopic (exact) mass is 471 g/mol. The van der Waals surface area contributed by atoms with Gasteiger partial charge in [0.15, 0.2) is 0 Å². The van der Waals surface area contributed by atoms with Crippen molar-refractivity contribution in [2.45, 2.75) is 32.7 Å². The van der Waals surface area contributed by atoms with Crippen LogP contribution in [-0.4, -0.2) is 34.2 Å². The molecule has 1 aliphatic rings. The number of nitrogens with zero attached hydrogens (tertiary/aromatic N) is 1. The summed E-state index contributed by atoms with van der Waals surface area (Å²) in [5.74, 6) is -1.62. The van der Waals surface area contributed by atoms with Gasteiger partial charge in [-0.1, -0.05) is 53.5 Å². The first-order valence-corrected chi connectivity index (χ1v) is 10.5. The van der Waals surface area contributed by atoms with E-state index < -0.39 is 23.7 Å². The van der Waals surface area contributed by atoms with Gasteiger partial charge in [0.25, 0.3) is 11.7 Å². The molecule has 1 aliphatic heterocycles. The molecule has 0 saturated carbocycles. The zero-order chi connectivity index (χ0) is 21.8. The Morgan fingerprint density at radius 3 is 2.30 bits per heavy atom. The van der Waals surface area contributed by atoms with Gasteiger partial charge in [-0.25, -0.2) is 0 Å². The highest BCUT2D eigenvalue weighted by atomic mass is 79.9. The van der Waals surface area contributed by atoms with Gasteiger partial charge in [-0.2, -0.15) is 0 Å². The number of hydrogen-bond acceptors (Lipinski definition) is 5. The summed E-state index contributed by atoms with van der Waals surface area (Å²) in [7, 11) is 0. The van der Waals surface area contributed by atoms with Gasteiger partial charge < -0.3 is 14.7 Å². The molecule has 7 heteroatoms. The van der Waals surface area contributed by atoms with Crippen molar-refractivity contribution >= 4 is 39.3 Å². The Bertz CT molecular complexity index is 995. The lowest BCUT2D eigenvalue weighted by molar-refractivity contribution is -0.139. The fraction of sp³-hybridized carbons (Fsp3) is 0.261.